The summed E-state index contributed by atoms with van der Waals surface area (Å²) in [5.41, 5.74) is 1.43. The van der Waals surface area contributed by atoms with Crippen molar-refractivity contribution in [2.45, 2.75) is 6.61 Å². The third kappa shape index (κ3) is 2.71. The summed E-state index contributed by atoms with van der Waals surface area (Å²) >= 11 is 5.89. The summed E-state index contributed by atoms with van der Waals surface area (Å²) in [5.74, 6) is -0.176. The van der Waals surface area contributed by atoms with Crippen LogP contribution in [0, 0.1) is 0 Å². The lowest BCUT2D eigenvalue weighted by atomic mass is 10.2. The third-order valence-corrected chi connectivity index (χ3v) is 3.37. The van der Waals surface area contributed by atoms with Gasteiger partial charge in [0.05, 0.1) is 5.52 Å². The lowest BCUT2D eigenvalue weighted by Gasteiger charge is -2.07. The SMILES string of the molecule is O=C(OCc1ccccc1)n1c(O)cc2cc(Cl)ccc21. The van der Waals surface area contributed by atoms with Crippen molar-refractivity contribution in [2.24, 2.45) is 0 Å². The highest BCUT2D eigenvalue weighted by Crippen LogP contribution is 2.27. The summed E-state index contributed by atoms with van der Waals surface area (Å²) in [6, 6.07) is 15.8. The number of aromatic hydroxyl groups is 1. The average Bonchev–Trinajstić information content (AvgIpc) is 2.81. The summed E-state index contributed by atoms with van der Waals surface area (Å²) < 4.78 is 6.34. The number of ether oxygens (including phenoxy) is 1. The molecule has 1 heterocycles. The van der Waals surface area contributed by atoms with Gasteiger partial charge in [-0.05, 0) is 23.8 Å². The molecule has 0 amide bonds. The average molecular weight is 302 g/mol. The van der Waals surface area contributed by atoms with Gasteiger partial charge < -0.3 is 9.84 Å². The molecule has 2 aromatic carbocycles. The fourth-order valence-electron chi connectivity index (χ4n) is 2.15. The van der Waals surface area contributed by atoms with Crippen LogP contribution in [-0.4, -0.2) is 15.8 Å². The molecule has 1 N–H and O–H groups in total. The van der Waals surface area contributed by atoms with E-state index in [2.05, 4.69) is 0 Å². The molecule has 0 aliphatic carbocycles. The molecule has 21 heavy (non-hydrogen) atoms. The molecule has 0 fully saturated rings. The van der Waals surface area contributed by atoms with Gasteiger partial charge in [0.15, 0.2) is 0 Å². The Morgan fingerprint density at radius 2 is 1.90 bits per heavy atom. The fourth-order valence-corrected chi connectivity index (χ4v) is 2.33. The second-order valence-corrected chi connectivity index (χ2v) is 5.02. The lowest BCUT2D eigenvalue weighted by molar-refractivity contribution is 0.140. The first-order valence-corrected chi connectivity index (χ1v) is 6.74. The summed E-state index contributed by atoms with van der Waals surface area (Å²) in [6.45, 7) is 0.145. The Hall–Kier alpha value is -2.46. The summed E-state index contributed by atoms with van der Waals surface area (Å²) in [7, 11) is 0. The molecule has 0 radical (unpaired) electrons. The number of aromatic nitrogens is 1. The molecule has 3 aromatic rings. The third-order valence-electron chi connectivity index (χ3n) is 3.13. The Bertz CT molecular complexity index is 796. The van der Waals surface area contributed by atoms with E-state index in [4.69, 9.17) is 16.3 Å². The van der Waals surface area contributed by atoms with Crippen LogP contribution in [0.5, 0.6) is 5.88 Å². The van der Waals surface area contributed by atoms with Crippen molar-refractivity contribution in [3.63, 3.8) is 0 Å². The van der Waals surface area contributed by atoms with Crippen LogP contribution in [0.4, 0.5) is 4.79 Å². The van der Waals surface area contributed by atoms with Crippen molar-refractivity contribution in [1.82, 2.24) is 4.57 Å². The van der Waals surface area contributed by atoms with Gasteiger partial charge in [-0.15, -0.1) is 0 Å². The van der Waals surface area contributed by atoms with Crippen LogP contribution in [0.1, 0.15) is 5.56 Å². The minimum absolute atomic E-state index is 0.145. The van der Waals surface area contributed by atoms with Gasteiger partial charge >= 0.3 is 6.09 Å². The maximum atomic E-state index is 12.1. The van der Waals surface area contributed by atoms with E-state index in [1.54, 1.807) is 18.2 Å². The molecule has 0 atom stereocenters. The highest BCUT2D eigenvalue weighted by atomic mass is 35.5. The van der Waals surface area contributed by atoms with E-state index in [-0.39, 0.29) is 12.5 Å². The van der Waals surface area contributed by atoms with E-state index in [9.17, 15) is 9.90 Å². The Morgan fingerprint density at radius 1 is 1.14 bits per heavy atom. The second kappa shape index (κ2) is 5.50. The van der Waals surface area contributed by atoms with Gasteiger partial charge in [0.25, 0.3) is 0 Å². The molecule has 4 nitrogen and oxygen atoms in total. The number of hydrogen-bond acceptors (Lipinski definition) is 3. The first-order valence-electron chi connectivity index (χ1n) is 6.36. The van der Waals surface area contributed by atoms with Crippen LogP contribution in [0.2, 0.25) is 5.02 Å². The van der Waals surface area contributed by atoms with Crippen molar-refractivity contribution in [3.05, 3.63) is 65.2 Å². The number of nitrogens with zero attached hydrogens (tertiary/aromatic N) is 1. The molecule has 5 heteroatoms. The van der Waals surface area contributed by atoms with Crippen LogP contribution >= 0.6 is 11.6 Å². The van der Waals surface area contributed by atoms with Crippen LogP contribution in [0.25, 0.3) is 10.9 Å². The minimum atomic E-state index is -0.631. The fraction of sp³-hybridized carbons (Fsp3) is 0.0625. The number of hydrogen-bond donors (Lipinski definition) is 1. The first-order chi connectivity index (χ1) is 10.1. The quantitative estimate of drug-likeness (QED) is 0.772. The van der Waals surface area contributed by atoms with Gasteiger partial charge in [-0.25, -0.2) is 9.36 Å². The zero-order chi connectivity index (χ0) is 14.8. The molecular formula is C16H12ClNO3. The van der Waals surface area contributed by atoms with Gasteiger partial charge in [-0.2, -0.15) is 0 Å². The van der Waals surface area contributed by atoms with E-state index in [1.807, 2.05) is 30.3 Å². The number of carbonyl (C=O) groups excluding carboxylic acids is 1. The monoisotopic (exact) mass is 301 g/mol. The lowest BCUT2D eigenvalue weighted by Crippen LogP contribution is -2.12. The molecule has 0 spiro atoms. The molecular weight excluding hydrogens is 290 g/mol. The van der Waals surface area contributed by atoms with Crippen molar-refractivity contribution in [3.8, 4) is 5.88 Å². The van der Waals surface area contributed by atoms with Crippen LogP contribution in [0.15, 0.2) is 54.6 Å². The predicted molar refractivity (Wildman–Crippen MR) is 80.6 cm³/mol. The number of benzene rings is 2. The Balaban J connectivity index is 1.86. The molecule has 1 aromatic heterocycles. The standard InChI is InChI=1S/C16H12ClNO3/c17-13-6-7-14-12(8-13)9-15(19)18(14)16(20)21-10-11-4-2-1-3-5-11/h1-9,19H,10H2. The number of carbonyl (C=O) groups is 1. The molecule has 0 unspecified atom stereocenters. The number of rotatable bonds is 2. The van der Waals surface area contributed by atoms with E-state index >= 15 is 0 Å². The molecule has 106 valence electrons. The number of halogens is 1. The molecule has 0 aliphatic heterocycles. The van der Waals surface area contributed by atoms with Crippen molar-refractivity contribution in [2.75, 3.05) is 0 Å². The molecule has 0 bridgehead atoms. The van der Waals surface area contributed by atoms with Crippen molar-refractivity contribution in [1.29, 1.82) is 0 Å². The van der Waals surface area contributed by atoms with E-state index in [0.717, 1.165) is 10.1 Å². The van der Waals surface area contributed by atoms with Crippen LogP contribution in [0.3, 0.4) is 0 Å². The van der Waals surface area contributed by atoms with E-state index < -0.39 is 6.09 Å². The molecule has 3 rings (SSSR count). The first kappa shape index (κ1) is 13.5. The summed E-state index contributed by atoms with van der Waals surface area (Å²) in [5, 5.41) is 11.1. The van der Waals surface area contributed by atoms with E-state index in [0.29, 0.717) is 15.9 Å². The van der Waals surface area contributed by atoms with Gasteiger partial charge in [0, 0.05) is 16.5 Å². The largest absolute Gasteiger partial charge is 0.494 e. The predicted octanol–water partition coefficient (Wildman–Crippen LogP) is 4.19. The molecule has 0 saturated carbocycles. The summed E-state index contributed by atoms with van der Waals surface area (Å²) in [6.07, 6.45) is -0.631. The van der Waals surface area contributed by atoms with Crippen LogP contribution in [-0.2, 0) is 11.3 Å². The van der Waals surface area contributed by atoms with Gasteiger partial charge in [0.1, 0.15) is 6.61 Å². The highest BCUT2D eigenvalue weighted by Gasteiger charge is 2.16. The maximum Gasteiger partial charge on any atom is 0.421 e. The second-order valence-electron chi connectivity index (χ2n) is 4.58. The molecule has 0 saturated heterocycles. The van der Waals surface area contributed by atoms with Crippen LogP contribution < -0.4 is 0 Å². The Kier molecular flexibility index (Phi) is 3.54. The topological polar surface area (TPSA) is 51.5 Å². The Morgan fingerprint density at radius 3 is 2.67 bits per heavy atom. The highest BCUT2D eigenvalue weighted by molar-refractivity contribution is 6.31. The van der Waals surface area contributed by atoms with E-state index in [1.165, 1.54) is 6.07 Å². The minimum Gasteiger partial charge on any atom is -0.494 e. The zero-order valence-corrected chi connectivity index (χ0v) is 11.7. The maximum absolute atomic E-state index is 12.1. The van der Waals surface area contributed by atoms with Gasteiger partial charge in [-0.3, -0.25) is 0 Å². The molecule has 0 aliphatic rings. The van der Waals surface area contributed by atoms with Crippen molar-refractivity contribution >= 4 is 28.6 Å². The number of fused-ring (bicyclic) bond motifs is 1. The normalized spacial score (nSPS) is 10.7. The smallest absolute Gasteiger partial charge is 0.421 e. The van der Waals surface area contributed by atoms with Crippen molar-refractivity contribution < 1.29 is 14.6 Å². The Labute approximate surface area is 126 Å². The zero-order valence-electron chi connectivity index (χ0n) is 11.0. The van der Waals surface area contributed by atoms with Gasteiger partial charge in [-0.1, -0.05) is 41.9 Å². The van der Waals surface area contributed by atoms with Gasteiger partial charge in [0.2, 0.25) is 5.88 Å². The summed E-state index contributed by atoms with van der Waals surface area (Å²) in [4.78, 5) is 12.1.